The molecular formula is C29H31ClF2N2O3. The Bertz CT molecular complexity index is 1340. The molecule has 196 valence electrons. The molecule has 0 spiro atoms. The number of carbonyl (C=O) groups is 1. The van der Waals surface area contributed by atoms with Crippen LogP contribution in [0.15, 0.2) is 65.8 Å². The van der Waals surface area contributed by atoms with Gasteiger partial charge in [0.1, 0.15) is 5.82 Å². The lowest BCUT2D eigenvalue weighted by Gasteiger charge is -2.26. The number of halogens is 3. The summed E-state index contributed by atoms with van der Waals surface area (Å²) in [5, 5.41) is 9.84. The highest BCUT2D eigenvalue weighted by atomic mass is 35.5. The van der Waals surface area contributed by atoms with E-state index in [0.29, 0.717) is 18.0 Å². The maximum atomic E-state index is 14.6. The Morgan fingerprint density at radius 2 is 1.81 bits per heavy atom. The summed E-state index contributed by atoms with van der Waals surface area (Å²) in [5.41, 5.74) is 2.76. The van der Waals surface area contributed by atoms with E-state index in [4.69, 9.17) is 21.3 Å². The molecule has 0 aliphatic rings. The number of aryl methyl sites for hydroxylation is 1. The molecule has 0 aliphatic carbocycles. The van der Waals surface area contributed by atoms with E-state index in [9.17, 15) is 18.7 Å². The van der Waals surface area contributed by atoms with Gasteiger partial charge in [-0.2, -0.15) is 0 Å². The Hall–Kier alpha value is -3.29. The largest absolute Gasteiger partial charge is 0.479 e. The summed E-state index contributed by atoms with van der Waals surface area (Å²) in [4.78, 5) is 16.7. The number of rotatable bonds is 9. The van der Waals surface area contributed by atoms with E-state index in [2.05, 4.69) is 6.58 Å². The molecule has 3 rings (SSSR count). The molecule has 1 atom stereocenters. The van der Waals surface area contributed by atoms with E-state index in [0.717, 1.165) is 22.8 Å². The lowest BCUT2D eigenvalue weighted by Crippen LogP contribution is -2.36. The van der Waals surface area contributed by atoms with Gasteiger partial charge < -0.3 is 14.4 Å². The van der Waals surface area contributed by atoms with Crippen LogP contribution < -0.4 is 0 Å². The van der Waals surface area contributed by atoms with Crippen molar-refractivity contribution >= 4 is 29.1 Å². The number of ether oxygens (including phenoxy) is 1. The Balaban J connectivity index is 2.07. The van der Waals surface area contributed by atoms with Gasteiger partial charge in [-0.3, -0.25) is 0 Å². The van der Waals surface area contributed by atoms with Crippen LogP contribution >= 0.6 is 11.6 Å². The second-order valence-corrected chi connectivity index (χ2v) is 10.4. The number of nitrogens with zero attached hydrogens (tertiary/aromatic N) is 2. The second-order valence-electron chi connectivity index (χ2n) is 9.95. The smallest absolute Gasteiger partial charge is 0.337 e. The standard InChI is InChI=1S/C29H31ClF2N2O3/c1-17-7-9-20(10-8-17)15-21-13-14-34(16-22-23(30)11-12-24(31)25(22)32)27(21)33-19(3)18(2)26(28(35)36)37-29(4,5)6/h7-14,26H,2,15-16H2,1,3-6H3,(H,35,36). The van der Waals surface area contributed by atoms with Gasteiger partial charge >= 0.3 is 5.97 Å². The van der Waals surface area contributed by atoms with Crippen LogP contribution in [-0.2, 0) is 22.5 Å². The van der Waals surface area contributed by atoms with Gasteiger partial charge in [-0.15, -0.1) is 0 Å². The lowest BCUT2D eigenvalue weighted by molar-refractivity contribution is -0.155. The first-order valence-corrected chi connectivity index (χ1v) is 12.2. The number of benzene rings is 2. The second kappa shape index (κ2) is 11.4. The van der Waals surface area contributed by atoms with Crippen molar-refractivity contribution in [2.24, 2.45) is 4.99 Å². The average Bonchev–Trinajstić information content (AvgIpc) is 3.18. The van der Waals surface area contributed by atoms with Crippen molar-refractivity contribution in [3.63, 3.8) is 0 Å². The predicted octanol–water partition coefficient (Wildman–Crippen LogP) is 7.28. The minimum absolute atomic E-state index is 0.00781. The molecule has 0 fully saturated rings. The van der Waals surface area contributed by atoms with Gasteiger partial charge in [0.05, 0.1) is 12.1 Å². The summed E-state index contributed by atoms with van der Waals surface area (Å²) in [5.74, 6) is -2.75. The van der Waals surface area contributed by atoms with Crippen LogP contribution in [0.2, 0.25) is 5.02 Å². The molecule has 1 N–H and O–H groups in total. The van der Waals surface area contributed by atoms with E-state index in [1.165, 1.54) is 6.07 Å². The van der Waals surface area contributed by atoms with Crippen molar-refractivity contribution in [1.29, 1.82) is 0 Å². The molecule has 0 saturated heterocycles. The molecule has 8 heteroatoms. The van der Waals surface area contributed by atoms with E-state index >= 15 is 0 Å². The van der Waals surface area contributed by atoms with Crippen LogP contribution in [0.4, 0.5) is 14.6 Å². The number of carboxylic acids is 1. The Labute approximate surface area is 221 Å². The van der Waals surface area contributed by atoms with Crippen molar-refractivity contribution in [3.05, 3.63) is 99.7 Å². The molecule has 2 aromatic carbocycles. The Morgan fingerprint density at radius 1 is 1.16 bits per heavy atom. The van der Waals surface area contributed by atoms with Crippen LogP contribution in [-0.4, -0.2) is 33.1 Å². The number of aromatic nitrogens is 1. The highest BCUT2D eigenvalue weighted by Crippen LogP contribution is 2.30. The molecule has 5 nitrogen and oxygen atoms in total. The van der Waals surface area contributed by atoms with Crippen molar-refractivity contribution in [1.82, 2.24) is 4.57 Å². The van der Waals surface area contributed by atoms with Crippen LogP contribution in [0.5, 0.6) is 0 Å². The van der Waals surface area contributed by atoms with Gasteiger partial charge in [0, 0.05) is 40.1 Å². The zero-order valence-electron chi connectivity index (χ0n) is 21.6. The Morgan fingerprint density at radius 3 is 2.41 bits per heavy atom. The number of hydrogen-bond acceptors (Lipinski definition) is 3. The van der Waals surface area contributed by atoms with Crippen LogP contribution in [0.3, 0.4) is 0 Å². The van der Waals surface area contributed by atoms with Gasteiger partial charge in [0.25, 0.3) is 0 Å². The summed E-state index contributed by atoms with van der Waals surface area (Å²) in [6.07, 6.45) is 0.939. The highest BCUT2D eigenvalue weighted by molar-refractivity contribution is 6.31. The first-order chi connectivity index (χ1) is 17.3. The van der Waals surface area contributed by atoms with Gasteiger partial charge in [-0.1, -0.05) is 48.0 Å². The summed E-state index contributed by atoms with van der Waals surface area (Å²) >= 11 is 6.20. The number of aliphatic imine (C=N–C) groups is 1. The molecule has 1 aromatic heterocycles. The fraction of sp³-hybridized carbons (Fsp3) is 0.310. The monoisotopic (exact) mass is 528 g/mol. The summed E-state index contributed by atoms with van der Waals surface area (Å²) in [6.45, 7) is 12.8. The molecule has 0 saturated carbocycles. The third-order valence-corrected chi connectivity index (χ3v) is 6.10. The SMILES string of the molecule is C=C(C(C)=Nc1c(Cc2ccc(C)cc2)ccn1Cc1c(Cl)ccc(F)c1F)C(OC(C)(C)C)C(=O)O. The summed E-state index contributed by atoms with van der Waals surface area (Å²) in [6, 6.07) is 12.2. The van der Waals surface area contributed by atoms with Crippen molar-refractivity contribution < 1.29 is 23.4 Å². The highest BCUT2D eigenvalue weighted by Gasteiger charge is 2.29. The zero-order valence-corrected chi connectivity index (χ0v) is 22.4. The van der Waals surface area contributed by atoms with Crippen molar-refractivity contribution in [3.8, 4) is 0 Å². The van der Waals surface area contributed by atoms with Gasteiger partial charge in [-0.25, -0.2) is 18.6 Å². The normalized spacial score (nSPS) is 13.0. The quantitative estimate of drug-likeness (QED) is 0.234. The maximum absolute atomic E-state index is 14.6. The summed E-state index contributed by atoms with van der Waals surface area (Å²) in [7, 11) is 0. The van der Waals surface area contributed by atoms with Crippen molar-refractivity contribution in [2.45, 2.75) is 59.3 Å². The van der Waals surface area contributed by atoms with Gasteiger partial charge in [0.2, 0.25) is 0 Å². The fourth-order valence-electron chi connectivity index (χ4n) is 3.77. The van der Waals surface area contributed by atoms with E-state index in [1.807, 2.05) is 37.3 Å². The first kappa shape index (κ1) is 28.3. The molecule has 37 heavy (non-hydrogen) atoms. The molecule has 0 radical (unpaired) electrons. The van der Waals surface area contributed by atoms with Crippen LogP contribution in [0.1, 0.15) is 49.9 Å². The Kier molecular flexibility index (Phi) is 8.72. The average molecular weight is 529 g/mol. The zero-order chi connectivity index (χ0) is 27.5. The number of carboxylic acid groups (broad SMARTS) is 1. The molecule has 0 aliphatic heterocycles. The first-order valence-electron chi connectivity index (χ1n) is 11.8. The van der Waals surface area contributed by atoms with E-state index < -0.39 is 29.3 Å². The third kappa shape index (κ3) is 7.14. The minimum atomic E-state index is -1.30. The van der Waals surface area contributed by atoms with E-state index in [-0.39, 0.29) is 22.7 Å². The third-order valence-electron chi connectivity index (χ3n) is 5.75. The van der Waals surface area contributed by atoms with Crippen LogP contribution in [0, 0.1) is 18.6 Å². The van der Waals surface area contributed by atoms with Gasteiger partial charge in [0.15, 0.2) is 17.7 Å². The van der Waals surface area contributed by atoms with E-state index in [1.54, 1.807) is 38.5 Å². The predicted molar refractivity (Wildman–Crippen MR) is 143 cm³/mol. The molecule has 0 amide bonds. The molecule has 1 heterocycles. The maximum Gasteiger partial charge on any atom is 0.337 e. The molecule has 0 bridgehead atoms. The molecule has 3 aromatic rings. The fourth-order valence-corrected chi connectivity index (χ4v) is 3.97. The minimum Gasteiger partial charge on any atom is -0.479 e. The van der Waals surface area contributed by atoms with Crippen LogP contribution in [0.25, 0.3) is 0 Å². The molecular weight excluding hydrogens is 498 g/mol. The topological polar surface area (TPSA) is 63.8 Å². The lowest BCUT2D eigenvalue weighted by atomic mass is 10.0. The number of aliphatic carboxylic acids is 1. The van der Waals surface area contributed by atoms with Gasteiger partial charge in [-0.05, 0) is 58.4 Å². The summed E-state index contributed by atoms with van der Waals surface area (Å²) < 4.78 is 35.9. The van der Waals surface area contributed by atoms with Crippen molar-refractivity contribution in [2.75, 3.05) is 0 Å². The number of hydrogen-bond donors (Lipinski definition) is 1. The molecule has 1 unspecified atom stereocenters.